The maximum absolute atomic E-state index is 5.99. The van der Waals surface area contributed by atoms with E-state index in [0.717, 1.165) is 30.0 Å². The molecule has 2 aromatic rings. The molecule has 0 bridgehead atoms. The smallest absolute Gasteiger partial charge is 0.160 e. The summed E-state index contributed by atoms with van der Waals surface area (Å²) in [5.74, 6) is 1.61. The summed E-state index contributed by atoms with van der Waals surface area (Å²) in [5, 5.41) is 0.631. The first-order valence-corrected chi connectivity index (χ1v) is 7.65. The van der Waals surface area contributed by atoms with Crippen molar-refractivity contribution in [2.45, 2.75) is 39.2 Å². The summed E-state index contributed by atoms with van der Waals surface area (Å²) in [6, 6.07) is 1.88. The van der Waals surface area contributed by atoms with E-state index >= 15 is 0 Å². The van der Waals surface area contributed by atoms with Gasteiger partial charge in [-0.2, -0.15) is 0 Å². The molecular formula is C14H17Cl2N3. The summed E-state index contributed by atoms with van der Waals surface area (Å²) >= 11 is 11.9. The second-order valence-corrected chi connectivity index (χ2v) is 6.22. The Morgan fingerprint density at radius 3 is 2.84 bits per heavy atom. The van der Waals surface area contributed by atoms with Crippen molar-refractivity contribution >= 4 is 34.4 Å². The van der Waals surface area contributed by atoms with Crippen LogP contribution in [0.2, 0.25) is 5.02 Å². The normalized spacial score (nSPS) is 17.0. The zero-order valence-electron chi connectivity index (χ0n) is 11.0. The maximum atomic E-state index is 5.99. The topological polar surface area (TPSA) is 30.7 Å². The van der Waals surface area contributed by atoms with Crippen molar-refractivity contribution in [3.8, 4) is 0 Å². The van der Waals surface area contributed by atoms with Gasteiger partial charge >= 0.3 is 0 Å². The minimum atomic E-state index is 0.454. The molecule has 2 aromatic heterocycles. The second kappa shape index (κ2) is 4.95. The van der Waals surface area contributed by atoms with Gasteiger partial charge in [0.1, 0.15) is 11.3 Å². The standard InChI is InChI=1S/C14H17Cl2N3/c1-2-14(4-5-14)9-19-12(3-6-15)18-11-7-10(16)8-17-13(11)19/h7-8H,2-6,9H2,1H3. The minimum Gasteiger partial charge on any atom is -0.312 e. The van der Waals surface area contributed by atoms with Crippen molar-refractivity contribution in [2.75, 3.05) is 5.88 Å². The fourth-order valence-electron chi connectivity index (χ4n) is 2.61. The molecule has 1 saturated carbocycles. The molecule has 3 rings (SSSR count). The molecular weight excluding hydrogens is 281 g/mol. The van der Waals surface area contributed by atoms with Gasteiger partial charge in [0.15, 0.2) is 5.65 Å². The van der Waals surface area contributed by atoms with E-state index in [1.165, 1.54) is 19.3 Å². The lowest BCUT2D eigenvalue weighted by molar-refractivity contribution is 0.407. The first-order valence-electron chi connectivity index (χ1n) is 6.74. The minimum absolute atomic E-state index is 0.454. The molecule has 0 atom stereocenters. The molecule has 1 aliphatic rings. The van der Waals surface area contributed by atoms with E-state index in [1.54, 1.807) is 6.20 Å². The van der Waals surface area contributed by atoms with Gasteiger partial charge in [0.2, 0.25) is 0 Å². The summed E-state index contributed by atoms with van der Waals surface area (Å²) in [5.41, 5.74) is 2.26. The first kappa shape index (κ1) is 13.2. The van der Waals surface area contributed by atoms with Gasteiger partial charge in [0, 0.05) is 25.0 Å². The third-order valence-corrected chi connectivity index (χ3v) is 4.55. The second-order valence-electron chi connectivity index (χ2n) is 5.40. The summed E-state index contributed by atoms with van der Waals surface area (Å²) < 4.78 is 2.24. The zero-order valence-corrected chi connectivity index (χ0v) is 12.5. The Labute approximate surface area is 122 Å². The Bertz CT molecular complexity index is 602. The lowest BCUT2D eigenvalue weighted by Crippen LogP contribution is -2.14. The molecule has 0 radical (unpaired) electrons. The number of fused-ring (bicyclic) bond motifs is 1. The van der Waals surface area contributed by atoms with Crippen molar-refractivity contribution in [3.63, 3.8) is 0 Å². The van der Waals surface area contributed by atoms with E-state index in [9.17, 15) is 0 Å². The van der Waals surface area contributed by atoms with Crippen LogP contribution in [0.15, 0.2) is 12.3 Å². The lowest BCUT2D eigenvalue weighted by atomic mass is 10.0. The Hall–Kier alpha value is -0.800. The van der Waals surface area contributed by atoms with Crippen molar-refractivity contribution < 1.29 is 0 Å². The number of halogens is 2. The largest absolute Gasteiger partial charge is 0.312 e. The van der Waals surface area contributed by atoms with Gasteiger partial charge in [0.25, 0.3) is 0 Å². The molecule has 0 N–H and O–H groups in total. The quantitative estimate of drug-likeness (QED) is 0.779. The third kappa shape index (κ3) is 2.46. The van der Waals surface area contributed by atoms with Crippen LogP contribution in [0.25, 0.3) is 11.2 Å². The van der Waals surface area contributed by atoms with Crippen LogP contribution in [0, 0.1) is 5.41 Å². The van der Waals surface area contributed by atoms with Crippen LogP contribution in [0.3, 0.4) is 0 Å². The van der Waals surface area contributed by atoms with Crippen LogP contribution in [0.4, 0.5) is 0 Å². The molecule has 2 heterocycles. The van der Waals surface area contributed by atoms with Crippen LogP contribution in [0.5, 0.6) is 0 Å². The molecule has 0 spiro atoms. The van der Waals surface area contributed by atoms with Gasteiger partial charge in [-0.15, -0.1) is 11.6 Å². The monoisotopic (exact) mass is 297 g/mol. The van der Waals surface area contributed by atoms with E-state index in [1.807, 2.05) is 6.07 Å². The Balaban J connectivity index is 2.06. The summed E-state index contributed by atoms with van der Waals surface area (Å²) in [7, 11) is 0. The molecule has 1 fully saturated rings. The van der Waals surface area contributed by atoms with Gasteiger partial charge < -0.3 is 4.57 Å². The molecule has 102 valence electrons. The van der Waals surface area contributed by atoms with E-state index in [-0.39, 0.29) is 0 Å². The Kier molecular flexibility index (Phi) is 3.44. The highest BCUT2D eigenvalue weighted by Gasteiger charge is 2.41. The van der Waals surface area contributed by atoms with Gasteiger partial charge in [-0.25, -0.2) is 9.97 Å². The predicted octanol–water partition coefficient (Wildman–Crippen LogP) is 4.06. The first-order chi connectivity index (χ1) is 9.17. The van der Waals surface area contributed by atoms with Crippen LogP contribution in [0.1, 0.15) is 32.0 Å². The van der Waals surface area contributed by atoms with Crippen LogP contribution < -0.4 is 0 Å². The highest BCUT2D eigenvalue weighted by molar-refractivity contribution is 6.31. The number of alkyl halides is 1. The lowest BCUT2D eigenvalue weighted by Gasteiger charge is -2.15. The van der Waals surface area contributed by atoms with Crippen molar-refractivity contribution in [1.82, 2.24) is 14.5 Å². The average molecular weight is 298 g/mol. The molecule has 0 amide bonds. The summed E-state index contributed by atoms with van der Waals surface area (Å²) in [6.07, 6.45) is 6.28. The van der Waals surface area contributed by atoms with E-state index in [2.05, 4.69) is 21.5 Å². The molecule has 1 aliphatic carbocycles. The number of hydrogen-bond acceptors (Lipinski definition) is 2. The van der Waals surface area contributed by atoms with E-state index in [4.69, 9.17) is 23.2 Å². The molecule has 0 saturated heterocycles. The third-order valence-electron chi connectivity index (χ3n) is 4.15. The molecule has 3 nitrogen and oxygen atoms in total. The van der Waals surface area contributed by atoms with Gasteiger partial charge in [-0.3, -0.25) is 0 Å². The van der Waals surface area contributed by atoms with Crippen molar-refractivity contribution in [1.29, 1.82) is 0 Å². The zero-order chi connectivity index (χ0) is 13.5. The number of aryl methyl sites for hydroxylation is 1. The molecule has 19 heavy (non-hydrogen) atoms. The number of imidazole rings is 1. The SMILES string of the molecule is CCC1(Cn2c(CCCl)nc3cc(Cl)cnc32)CC1. The molecule has 0 aromatic carbocycles. The van der Waals surface area contributed by atoms with Crippen LogP contribution in [-0.4, -0.2) is 20.4 Å². The highest BCUT2D eigenvalue weighted by Crippen LogP contribution is 2.50. The van der Waals surface area contributed by atoms with E-state index < -0.39 is 0 Å². The Morgan fingerprint density at radius 2 is 2.21 bits per heavy atom. The van der Waals surface area contributed by atoms with Crippen molar-refractivity contribution in [3.05, 3.63) is 23.1 Å². The fraction of sp³-hybridized carbons (Fsp3) is 0.571. The number of pyridine rings is 1. The average Bonchev–Trinajstić information content (AvgIpc) is 3.10. The highest BCUT2D eigenvalue weighted by atomic mass is 35.5. The van der Waals surface area contributed by atoms with Crippen LogP contribution in [-0.2, 0) is 13.0 Å². The molecule has 0 aliphatic heterocycles. The van der Waals surface area contributed by atoms with Gasteiger partial charge in [0.05, 0.1) is 5.02 Å². The number of rotatable bonds is 5. The summed E-state index contributed by atoms with van der Waals surface area (Å²) in [4.78, 5) is 9.10. The van der Waals surface area contributed by atoms with Crippen molar-refractivity contribution in [2.24, 2.45) is 5.41 Å². The summed E-state index contributed by atoms with van der Waals surface area (Å²) in [6.45, 7) is 3.26. The van der Waals surface area contributed by atoms with E-state index in [0.29, 0.717) is 16.3 Å². The fourth-order valence-corrected chi connectivity index (χ4v) is 2.93. The number of aromatic nitrogens is 3. The van der Waals surface area contributed by atoms with Gasteiger partial charge in [-0.05, 0) is 30.7 Å². The number of nitrogens with zero attached hydrogens (tertiary/aromatic N) is 3. The maximum Gasteiger partial charge on any atom is 0.160 e. The van der Waals surface area contributed by atoms with Gasteiger partial charge in [-0.1, -0.05) is 18.5 Å². The number of hydrogen-bond donors (Lipinski definition) is 0. The molecule has 5 heteroatoms. The Morgan fingerprint density at radius 1 is 1.42 bits per heavy atom. The van der Waals surface area contributed by atoms with Crippen LogP contribution >= 0.6 is 23.2 Å². The predicted molar refractivity (Wildman–Crippen MR) is 78.9 cm³/mol. The molecule has 0 unspecified atom stereocenters.